The third-order valence-corrected chi connectivity index (χ3v) is 2.41. The first-order chi connectivity index (χ1) is 9.29. The van der Waals surface area contributed by atoms with Gasteiger partial charge in [0.05, 0.1) is 6.54 Å². The van der Waals surface area contributed by atoms with Gasteiger partial charge < -0.3 is 24.8 Å². The van der Waals surface area contributed by atoms with E-state index < -0.39 is 0 Å². The Morgan fingerprint density at radius 3 is 3.05 bits per heavy atom. The third-order valence-electron chi connectivity index (χ3n) is 2.41. The summed E-state index contributed by atoms with van der Waals surface area (Å²) in [5.74, 6) is 2.07. The fourth-order valence-electron chi connectivity index (χ4n) is 1.53. The number of carbonyl (C=O) groups excluding carboxylic acids is 1. The van der Waals surface area contributed by atoms with Gasteiger partial charge in [-0.15, -0.1) is 6.58 Å². The molecule has 1 aliphatic rings. The molecule has 1 heterocycles. The zero-order chi connectivity index (χ0) is 13.5. The molecule has 6 nitrogen and oxygen atoms in total. The molecule has 1 aliphatic heterocycles. The highest BCUT2D eigenvalue weighted by Crippen LogP contribution is 2.34. The first-order valence-electron chi connectivity index (χ1n) is 5.94. The maximum atomic E-state index is 11.2. The number of hydrogen-bond donors (Lipinski definition) is 2. The van der Waals surface area contributed by atoms with E-state index in [1.54, 1.807) is 24.3 Å². The van der Waals surface area contributed by atoms with Crippen molar-refractivity contribution in [1.82, 2.24) is 10.6 Å². The Kier molecular flexibility index (Phi) is 4.49. The van der Waals surface area contributed by atoms with Crippen LogP contribution in [0.4, 0.5) is 4.79 Å². The van der Waals surface area contributed by atoms with Crippen LogP contribution in [0.15, 0.2) is 30.9 Å². The first kappa shape index (κ1) is 13.1. The van der Waals surface area contributed by atoms with Crippen LogP contribution < -0.4 is 24.8 Å². The summed E-state index contributed by atoms with van der Waals surface area (Å²) in [5, 5.41) is 5.27. The second-order valence-corrected chi connectivity index (χ2v) is 3.79. The zero-order valence-corrected chi connectivity index (χ0v) is 10.5. The average molecular weight is 264 g/mol. The van der Waals surface area contributed by atoms with Crippen LogP contribution >= 0.6 is 0 Å². The minimum Gasteiger partial charge on any atom is -0.492 e. The van der Waals surface area contributed by atoms with Crippen molar-refractivity contribution in [2.45, 2.75) is 0 Å². The van der Waals surface area contributed by atoms with Gasteiger partial charge in [-0.25, -0.2) is 4.79 Å². The van der Waals surface area contributed by atoms with Gasteiger partial charge in [0.1, 0.15) is 12.4 Å². The number of nitrogens with one attached hydrogen (secondary N) is 2. The van der Waals surface area contributed by atoms with E-state index in [0.717, 1.165) is 0 Å². The normalized spacial score (nSPS) is 11.8. The van der Waals surface area contributed by atoms with Crippen LogP contribution in [0.3, 0.4) is 0 Å². The summed E-state index contributed by atoms with van der Waals surface area (Å²) in [4.78, 5) is 11.2. The number of rotatable bonds is 6. The monoisotopic (exact) mass is 264 g/mol. The van der Waals surface area contributed by atoms with Gasteiger partial charge in [0, 0.05) is 12.6 Å². The van der Waals surface area contributed by atoms with Gasteiger partial charge in [-0.05, 0) is 12.1 Å². The van der Waals surface area contributed by atoms with E-state index in [0.29, 0.717) is 36.9 Å². The number of fused-ring (bicyclic) bond motifs is 1. The lowest BCUT2D eigenvalue weighted by atomic mass is 10.3. The standard InChI is InChI=1S/C13H16N2O4/c1-2-5-14-13(16)15-6-7-17-10-3-4-11-12(8-10)19-9-18-11/h2-4,8H,1,5-7,9H2,(H2,14,15,16). The molecule has 19 heavy (non-hydrogen) atoms. The predicted octanol–water partition coefficient (Wildman–Crippen LogP) is 1.28. The quantitative estimate of drug-likeness (QED) is 0.600. The molecule has 0 spiro atoms. The topological polar surface area (TPSA) is 68.8 Å². The van der Waals surface area contributed by atoms with Gasteiger partial charge in [0.2, 0.25) is 6.79 Å². The molecule has 0 saturated heterocycles. The molecule has 0 fully saturated rings. The van der Waals surface area contributed by atoms with Crippen molar-refractivity contribution >= 4 is 6.03 Å². The van der Waals surface area contributed by atoms with Crippen LogP contribution in [0.25, 0.3) is 0 Å². The number of carbonyl (C=O) groups is 1. The molecule has 102 valence electrons. The van der Waals surface area contributed by atoms with Crippen LogP contribution in [-0.4, -0.2) is 32.5 Å². The Morgan fingerprint density at radius 2 is 2.21 bits per heavy atom. The summed E-state index contributed by atoms with van der Waals surface area (Å²) in [6, 6.07) is 5.11. The third kappa shape index (κ3) is 3.80. The van der Waals surface area contributed by atoms with Crippen molar-refractivity contribution in [2.24, 2.45) is 0 Å². The van der Waals surface area contributed by atoms with E-state index >= 15 is 0 Å². The molecule has 0 unspecified atom stereocenters. The van der Waals surface area contributed by atoms with Gasteiger partial charge in [0.25, 0.3) is 0 Å². The molecule has 2 N–H and O–H groups in total. The first-order valence-corrected chi connectivity index (χ1v) is 5.94. The molecule has 2 rings (SSSR count). The largest absolute Gasteiger partial charge is 0.492 e. The molecule has 0 aromatic heterocycles. The number of benzene rings is 1. The minimum atomic E-state index is -0.241. The van der Waals surface area contributed by atoms with Crippen molar-refractivity contribution in [3.05, 3.63) is 30.9 Å². The van der Waals surface area contributed by atoms with Gasteiger partial charge in [-0.3, -0.25) is 0 Å². The lowest BCUT2D eigenvalue weighted by Gasteiger charge is -2.08. The Morgan fingerprint density at radius 1 is 1.37 bits per heavy atom. The summed E-state index contributed by atoms with van der Waals surface area (Å²) >= 11 is 0. The lowest BCUT2D eigenvalue weighted by molar-refractivity contribution is 0.173. The Balaban J connectivity index is 1.68. The second kappa shape index (κ2) is 6.53. The van der Waals surface area contributed by atoms with Crippen molar-refractivity contribution in [3.63, 3.8) is 0 Å². The van der Waals surface area contributed by atoms with Gasteiger partial charge in [-0.2, -0.15) is 0 Å². The van der Waals surface area contributed by atoms with Crippen molar-refractivity contribution < 1.29 is 19.0 Å². The van der Waals surface area contributed by atoms with Crippen LogP contribution in [0.2, 0.25) is 0 Å². The van der Waals surface area contributed by atoms with E-state index in [1.165, 1.54) is 0 Å². The van der Waals surface area contributed by atoms with Crippen molar-refractivity contribution in [1.29, 1.82) is 0 Å². The summed E-state index contributed by atoms with van der Waals surface area (Å²) in [6.07, 6.45) is 1.61. The summed E-state index contributed by atoms with van der Waals surface area (Å²) in [5.41, 5.74) is 0. The number of ether oxygens (including phenoxy) is 3. The predicted molar refractivity (Wildman–Crippen MR) is 69.7 cm³/mol. The number of urea groups is 1. The molecule has 2 amide bonds. The van der Waals surface area contributed by atoms with Gasteiger partial charge in [0.15, 0.2) is 11.5 Å². The number of hydrogen-bond acceptors (Lipinski definition) is 4. The minimum absolute atomic E-state index is 0.240. The SMILES string of the molecule is C=CCNC(=O)NCCOc1ccc2c(c1)OCO2. The van der Waals surface area contributed by atoms with E-state index in [2.05, 4.69) is 17.2 Å². The zero-order valence-electron chi connectivity index (χ0n) is 10.5. The fraction of sp³-hybridized carbons (Fsp3) is 0.308. The number of amides is 2. The molecule has 1 aromatic carbocycles. The van der Waals surface area contributed by atoms with Crippen LogP contribution in [-0.2, 0) is 0 Å². The van der Waals surface area contributed by atoms with E-state index in [1.807, 2.05) is 0 Å². The summed E-state index contributed by atoms with van der Waals surface area (Å²) < 4.78 is 15.9. The lowest BCUT2D eigenvalue weighted by Crippen LogP contribution is -2.37. The van der Waals surface area contributed by atoms with Crippen LogP contribution in [0.5, 0.6) is 17.2 Å². The van der Waals surface area contributed by atoms with Crippen molar-refractivity contribution in [3.8, 4) is 17.2 Å². The Bertz CT molecular complexity index is 462. The smallest absolute Gasteiger partial charge is 0.315 e. The Labute approximate surface area is 111 Å². The molecule has 0 bridgehead atoms. The highest BCUT2D eigenvalue weighted by atomic mass is 16.7. The van der Waals surface area contributed by atoms with Crippen LogP contribution in [0.1, 0.15) is 0 Å². The summed E-state index contributed by atoms with van der Waals surface area (Å²) in [6.45, 7) is 4.98. The summed E-state index contributed by atoms with van der Waals surface area (Å²) in [7, 11) is 0. The molecule has 1 aromatic rings. The van der Waals surface area contributed by atoms with E-state index in [-0.39, 0.29) is 12.8 Å². The van der Waals surface area contributed by atoms with E-state index in [4.69, 9.17) is 14.2 Å². The van der Waals surface area contributed by atoms with Crippen molar-refractivity contribution in [2.75, 3.05) is 26.5 Å². The second-order valence-electron chi connectivity index (χ2n) is 3.79. The molecule has 0 saturated carbocycles. The Hall–Kier alpha value is -2.37. The van der Waals surface area contributed by atoms with Crippen LogP contribution in [0, 0.1) is 0 Å². The average Bonchev–Trinajstić information content (AvgIpc) is 2.88. The molecular formula is C13H16N2O4. The molecule has 0 atom stereocenters. The molecular weight excluding hydrogens is 248 g/mol. The maximum absolute atomic E-state index is 11.2. The molecule has 0 radical (unpaired) electrons. The molecule has 0 aliphatic carbocycles. The highest BCUT2D eigenvalue weighted by Gasteiger charge is 2.13. The maximum Gasteiger partial charge on any atom is 0.315 e. The van der Waals surface area contributed by atoms with E-state index in [9.17, 15) is 4.79 Å². The fourth-order valence-corrected chi connectivity index (χ4v) is 1.53. The highest BCUT2D eigenvalue weighted by molar-refractivity contribution is 5.73. The molecule has 6 heteroatoms. The van der Waals surface area contributed by atoms with Gasteiger partial charge >= 0.3 is 6.03 Å². The van der Waals surface area contributed by atoms with Gasteiger partial charge in [-0.1, -0.05) is 6.08 Å².